The number of aliphatic hydroxyl groups excluding tert-OH is 2. The number of β-amino-alcohol motifs (C(OH)–C–C–N with tert-alkyl or cyclic N) is 1. The van der Waals surface area contributed by atoms with Crippen molar-refractivity contribution in [3.05, 3.63) is 95.1 Å². The average molecular weight is 604 g/mol. The van der Waals surface area contributed by atoms with Gasteiger partial charge in [0.15, 0.2) is 6.29 Å². The van der Waals surface area contributed by atoms with Gasteiger partial charge in [-0.1, -0.05) is 60.7 Å². The lowest BCUT2D eigenvalue weighted by atomic mass is 9.98. The fraction of sp³-hybridized carbons (Fsp3) is 0.412. The van der Waals surface area contributed by atoms with Gasteiger partial charge in [-0.2, -0.15) is 0 Å². The third-order valence-electron chi connectivity index (χ3n) is 7.90. The van der Waals surface area contributed by atoms with Crippen molar-refractivity contribution >= 4 is 12.0 Å². The highest BCUT2D eigenvalue weighted by Crippen LogP contribution is 2.39. The Morgan fingerprint density at radius 1 is 0.955 bits per heavy atom. The standard InChI is InChI=1S/C34H41N3O7/c1-2-42-32(40)19-36-34(41)35-18-24-5-3-6-26(15-24)27-7-4-8-28(16-27)33-43-30(21-37-14-13-29(39)20-37)17-31(44-33)25-11-9-23(22-38)10-12-25/h3-12,15-16,29-31,33,38-39H,2,13-14,17-22H2,1H3,(H2,35,36,41)/t29-,30+,31-,33-/m0/s1. The van der Waals surface area contributed by atoms with Crippen LogP contribution in [0.3, 0.4) is 0 Å². The van der Waals surface area contributed by atoms with Crippen molar-refractivity contribution in [3.63, 3.8) is 0 Å². The van der Waals surface area contributed by atoms with Crippen LogP contribution in [-0.2, 0) is 32.2 Å². The molecule has 44 heavy (non-hydrogen) atoms. The Balaban J connectivity index is 1.29. The molecule has 2 saturated heterocycles. The maximum Gasteiger partial charge on any atom is 0.325 e. The summed E-state index contributed by atoms with van der Waals surface area (Å²) in [7, 11) is 0. The van der Waals surface area contributed by atoms with Gasteiger partial charge in [0.2, 0.25) is 0 Å². The highest BCUT2D eigenvalue weighted by atomic mass is 16.7. The maximum atomic E-state index is 12.1. The summed E-state index contributed by atoms with van der Waals surface area (Å²) in [6.07, 6.45) is 0.296. The van der Waals surface area contributed by atoms with Gasteiger partial charge in [-0.05, 0) is 53.3 Å². The highest BCUT2D eigenvalue weighted by molar-refractivity contribution is 5.80. The van der Waals surface area contributed by atoms with Crippen LogP contribution in [0.15, 0.2) is 72.8 Å². The van der Waals surface area contributed by atoms with Crippen molar-refractivity contribution in [1.29, 1.82) is 0 Å². The van der Waals surface area contributed by atoms with Crippen LogP contribution in [0.2, 0.25) is 0 Å². The predicted molar refractivity (Wildman–Crippen MR) is 164 cm³/mol. The number of benzene rings is 3. The first-order valence-corrected chi connectivity index (χ1v) is 15.2. The molecule has 3 aromatic rings. The number of aliphatic hydroxyl groups is 2. The number of ether oxygens (including phenoxy) is 3. The van der Waals surface area contributed by atoms with Gasteiger partial charge in [0.25, 0.3) is 0 Å². The summed E-state index contributed by atoms with van der Waals surface area (Å²) >= 11 is 0. The second kappa shape index (κ2) is 15.3. The normalized spacial score (nSPS) is 22.0. The van der Waals surface area contributed by atoms with Crippen molar-refractivity contribution < 1.29 is 34.0 Å². The van der Waals surface area contributed by atoms with Gasteiger partial charge < -0.3 is 35.1 Å². The molecule has 0 bridgehead atoms. The lowest BCUT2D eigenvalue weighted by Crippen LogP contribution is -2.38. The number of amides is 2. The van der Waals surface area contributed by atoms with Crippen LogP contribution in [0.1, 0.15) is 54.4 Å². The molecule has 2 aliphatic rings. The number of nitrogens with zero attached hydrogens (tertiary/aromatic N) is 1. The summed E-state index contributed by atoms with van der Waals surface area (Å²) in [6.45, 7) is 4.28. The second-order valence-corrected chi connectivity index (χ2v) is 11.2. The Morgan fingerprint density at radius 2 is 1.73 bits per heavy atom. The minimum atomic E-state index is -0.586. The number of hydrogen-bond donors (Lipinski definition) is 4. The van der Waals surface area contributed by atoms with Crippen LogP contribution in [-0.4, -0.2) is 72.1 Å². The minimum Gasteiger partial charge on any atom is -0.465 e. The maximum absolute atomic E-state index is 12.1. The predicted octanol–water partition coefficient (Wildman–Crippen LogP) is 3.82. The molecule has 0 aliphatic carbocycles. The summed E-state index contributed by atoms with van der Waals surface area (Å²) in [5, 5.41) is 24.8. The van der Waals surface area contributed by atoms with E-state index in [4.69, 9.17) is 14.2 Å². The van der Waals surface area contributed by atoms with E-state index in [0.717, 1.165) is 46.3 Å². The molecule has 2 heterocycles. The SMILES string of the molecule is CCOC(=O)CNC(=O)NCc1cccc(-c2cccc([C@H]3O[C@@H](CN4CC[C@H](O)C4)C[C@@H](c4ccc(CO)cc4)O3)c2)c1. The first-order chi connectivity index (χ1) is 21.4. The summed E-state index contributed by atoms with van der Waals surface area (Å²) < 4.78 is 17.9. The van der Waals surface area contributed by atoms with Crippen LogP contribution in [0, 0.1) is 0 Å². The van der Waals surface area contributed by atoms with Crippen molar-refractivity contribution in [2.75, 3.05) is 32.8 Å². The number of carbonyl (C=O) groups is 2. The van der Waals surface area contributed by atoms with E-state index in [1.165, 1.54) is 0 Å². The lowest BCUT2D eigenvalue weighted by molar-refractivity contribution is -0.252. The van der Waals surface area contributed by atoms with Crippen LogP contribution in [0.25, 0.3) is 11.1 Å². The van der Waals surface area contributed by atoms with Crippen molar-refractivity contribution in [3.8, 4) is 11.1 Å². The number of esters is 1. The molecule has 0 aromatic heterocycles. The molecule has 0 saturated carbocycles. The third kappa shape index (κ3) is 8.64. The van der Waals surface area contributed by atoms with Crippen LogP contribution in [0.4, 0.5) is 4.79 Å². The van der Waals surface area contributed by atoms with Crippen LogP contribution >= 0.6 is 0 Å². The molecule has 2 aliphatic heterocycles. The van der Waals surface area contributed by atoms with E-state index in [-0.39, 0.29) is 38.1 Å². The van der Waals surface area contributed by atoms with E-state index in [0.29, 0.717) is 26.1 Å². The Bertz CT molecular complexity index is 1400. The molecule has 10 heteroatoms. The van der Waals surface area contributed by atoms with E-state index in [1.54, 1.807) is 6.92 Å². The number of hydrogen-bond acceptors (Lipinski definition) is 8. The summed E-state index contributed by atoms with van der Waals surface area (Å²) in [6, 6.07) is 23.4. The smallest absolute Gasteiger partial charge is 0.325 e. The average Bonchev–Trinajstić information content (AvgIpc) is 3.47. The van der Waals surface area contributed by atoms with Crippen molar-refractivity contribution in [1.82, 2.24) is 15.5 Å². The number of nitrogens with one attached hydrogen (secondary N) is 2. The minimum absolute atomic E-state index is 0.00973. The zero-order chi connectivity index (χ0) is 30.9. The van der Waals surface area contributed by atoms with E-state index in [1.807, 2.05) is 66.7 Å². The second-order valence-electron chi connectivity index (χ2n) is 11.2. The van der Waals surface area contributed by atoms with E-state index >= 15 is 0 Å². The van der Waals surface area contributed by atoms with Gasteiger partial charge >= 0.3 is 12.0 Å². The fourth-order valence-electron chi connectivity index (χ4n) is 5.63. The molecule has 0 unspecified atom stereocenters. The summed E-state index contributed by atoms with van der Waals surface area (Å²) in [4.78, 5) is 25.9. The van der Waals surface area contributed by atoms with Gasteiger partial charge in [0.05, 0.1) is 31.5 Å². The monoisotopic (exact) mass is 603 g/mol. The van der Waals surface area contributed by atoms with Gasteiger partial charge in [-0.15, -0.1) is 0 Å². The Kier molecular flexibility index (Phi) is 11.0. The van der Waals surface area contributed by atoms with Gasteiger partial charge in [-0.25, -0.2) is 4.79 Å². The fourth-order valence-corrected chi connectivity index (χ4v) is 5.63. The van der Waals surface area contributed by atoms with Gasteiger partial charge in [0.1, 0.15) is 6.54 Å². The molecule has 4 atom stereocenters. The topological polar surface area (TPSA) is 130 Å². The number of likely N-dealkylation sites (tertiary alicyclic amines) is 1. The summed E-state index contributed by atoms with van der Waals surface area (Å²) in [5.74, 6) is -0.484. The molecule has 5 rings (SSSR count). The first-order valence-electron chi connectivity index (χ1n) is 15.2. The van der Waals surface area contributed by atoms with Crippen LogP contribution < -0.4 is 10.6 Å². The molecule has 4 N–H and O–H groups in total. The van der Waals surface area contributed by atoms with Crippen LogP contribution in [0.5, 0.6) is 0 Å². The molecule has 0 spiro atoms. The molecule has 2 amide bonds. The number of urea groups is 1. The summed E-state index contributed by atoms with van der Waals surface area (Å²) in [5.41, 5.74) is 5.65. The number of rotatable bonds is 11. The zero-order valence-electron chi connectivity index (χ0n) is 25.0. The quantitative estimate of drug-likeness (QED) is 0.244. The molecule has 10 nitrogen and oxygen atoms in total. The zero-order valence-corrected chi connectivity index (χ0v) is 25.0. The molecular formula is C34H41N3O7. The van der Waals surface area contributed by atoms with E-state index in [2.05, 4.69) is 21.6 Å². The molecule has 3 aromatic carbocycles. The molecule has 234 valence electrons. The largest absolute Gasteiger partial charge is 0.465 e. The Labute approximate surface area is 257 Å². The highest BCUT2D eigenvalue weighted by Gasteiger charge is 2.34. The van der Waals surface area contributed by atoms with Crippen molar-refractivity contribution in [2.45, 2.75) is 57.5 Å². The molecule has 2 fully saturated rings. The first kappa shape index (κ1) is 31.6. The Morgan fingerprint density at radius 3 is 2.45 bits per heavy atom. The van der Waals surface area contributed by atoms with Gasteiger partial charge in [-0.3, -0.25) is 9.69 Å². The van der Waals surface area contributed by atoms with E-state index in [9.17, 15) is 19.8 Å². The molecular weight excluding hydrogens is 562 g/mol. The van der Waals surface area contributed by atoms with Crippen molar-refractivity contribution in [2.24, 2.45) is 0 Å². The third-order valence-corrected chi connectivity index (χ3v) is 7.90. The number of carbonyl (C=O) groups excluding carboxylic acids is 2. The molecule has 0 radical (unpaired) electrons. The van der Waals surface area contributed by atoms with E-state index < -0.39 is 18.3 Å². The lowest BCUT2D eigenvalue weighted by Gasteiger charge is -2.38. The Hall–Kier alpha value is -3.80. The van der Waals surface area contributed by atoms with Gasteiger partial charge in [0, 0.05) is 38.2 Å².